The second-order valence-corrected chi connectivity index (χ2v) is 9.22. The molecule has 1 aromatic heterocycles. The van der Waals surface area contributed by atoms with E-state index in [2.05, 4.69) is 10.3 Å². The number of H-pyrrole nitrogens is 1. The fraction of sp³-hybridized carbons (Fsp3) is 0.241. The fourth-order valence-electron chi connectivity index (χ4n) is 4.98. The van der Waals surface area contributed by atoms with E-state index >= 15 is 0 Å². The number of hydrogen-bond donors (Lipinski definition) is 2. The topological polar surface area (TPSA) is 65.2 Å². The van der Waals surface area contributed by atoms with Gasteiger partial charge in [0, 0.05) is 28.8 Å². The van der Waals surface area contributed by atoms with E-state index in [4.69, 9.17) is 0 Å². The van der Waals surface area contributed by atoms with Crippen molar-refractivity contribution in [2.45, 2.75) is 44.2 Å². The maximum absolute atomic E-state index is 13.9. The molecule has 1 aliphatic carbocycles. The Labute approximate surface area is 208 Å². The van der Waals surface area contributed by atoms with Gasteiger partial charge in [-0.1, -0.05) is 43.2 Å². The van der Waals surface area contributed by atoms with Crippen LogP contribution in [0.15, 0.2) is 79.0 Å². The zero-order valence-electron chi connectivity index (χ0n) is 19.7. The van der Waals surface area contributed by atoms with Crippen LogP contribution in [0.3, 0.4) is 0 Å². The SMILES string of the molecule is O=C(NC1CCCC1)C(c1ccc(F)cc1)N(C(=O)Cc1c[nH]c2ccccc12)c1ccc(F)cc1. The maximum Gasteiger partial charge on any atom is 0.248 e. The second-order valence-electron chi connectivity index (χ2n) is 9.22. The van der Waals surface area contributed by atoms with Crippen molar-refractivity contribution in [3.05, 3.63) is 102 Å². The lowest BCUT2D eigenvalue weighted by atomic mass is 10.0. The van der Waals surface area contributed by atoms with Gasteiger partial charge in [-0.05, 0) is 66.4 Å². The number of benzene rings is 3. The van der Waals surface area contributed by atoms with Crippen molar-refractivity contribution in [1.29, 1.82) is 0 Å². The Kier molecular flexibility index (Phi) is 6.80. The average Bonchev–Trinajstić information content (AvgIpc) is 3.54. The summed E-state index contributed by atoms with van der Waals surface area (Å²) in [6.07, 6.45) is 5.64. The third-order valence-corrected chi connectivity index (χ3v) is 6.78. The molecule has 0 aliphatic heterocycles. The van der Waals surface area contributed by atoms with Gasteiger partial charge in [-0.15, -0.1) is 0 Å². The van der Waals surface area contributed by atoms with Crippen LogP contribution in [0, 0.1) is 11.6 Å². The average molecular weight is 488 g/mol. The highest BCUT2D eigenvalue weighted by Gasteiger charge is 2.34. The predicted molar refractivity (Wildman–Crippen MR) is 135 cm³/mol. The lowest BCUT2D eigenvalue weighted by molar-refractivity contribution is -0.127. The van der Waals surface area contributed by atoms with Gasteiger partial charge in [-0.3, -0.25) is 14.5 Å². The van der Waals surface area contributed by atoms with E-state index in [9.17, 15) is 18.4 Å². The van der Waals surface area contributed by atoms with E-state index in [1.54, 1.807) is 6.20 Å². The molecule has 4 aromatic rings. The molecule has 0 radical (unpaired) electrons. The van der Waals surface area contributed by atoms with Crippen LogP contribution in [-0.4, -0.2) is 22.8 Å². The van der Waals surface area contributed by atoms with Crippen molar-refractivity contribution in [1.82, 2.24) is 10.3 Å². The summed E-state index contributed by atoms with van der Waals surface area (Å²) >= 11 is 0. The summed E-state index contributed by atoms with van der Waals surface area (Å²) in [4.78, 5) is 32.2. The minimum Gasteiger partial charge on any atom is -0.361 e. The number of hydrogen-bond acceptors (Lipinski definition) is 2. The molecule has 0 spiro atoms. The van der Waals surface area contributed by atoms with Crippen LogP contribution in [-0.2, 0) is 16.0 Å². The Morgan fingerprint density at radius 1 is 0.917 bits per heavy atom. The number of amides is 2. The Morgan fingerprint density at radius 3 is 2.25 bits per heavy atom. The van der Waals surface area contributed by atoms with Gasteiger partial charge in [0.1, 0.15) is 17.7 Å². The first kappa shape index (κ1) is 23.7. The summed E-state index contributed by atoms with van der Waals surface area (Å²) in [5.41, 5.74) is 2.56. The number of aromatic amines is 1. The number of rotatable bonds is 7. The molecule has 1 aliphatic rings. The molecule has 0 saturated heterocycles. The van der Waals surface area contributed by atoms with Gasteiger partial charge >= 0.3 is 0 Å². The van der Waals surface area contributed by atoms with Crippen molar-refractivity contribution >= 4 is 28.4 Å². The minimum atomic E-state index is -1.05. The number of nitrogens with one attached hydrogen (secondary N) is 2. The first-order valence-corrected chi connectivity index (χ1v) is 12.2. The van der Waals surface area contributed by atoms with Crippen LogP contribution < -0.4 is 10.2 Å². The van der Waals surface area contributed by atoms with E-state index in [0.717, 1.165) is 42.1 Å². The molecule has 2 amide bonds. The van der Waals surface area contributed by atoms with Crippen molar-refractivity contribution in [2.75, 3.05) is 4.90 Å². The molecule has 1 fully saturated rings. The number of para-hydroxylation sites is 1. The number of halogens is 2. The molecule has 5 rings (SSSR count). The summed E-state index contributed by atoms with van der Waals surface area (Å²) < 4.78 is 27.6. The van der Waals surface area contributed by atoms with E-state index < -0.39 is 17.7 Å². The number of aromatic nitrogens is 1. The predicted octanol–water partition coefficient (Wildman–Crippen LogP) is 5.82. The first-order chi connectivity index (χ1) is 17.5. The number of fused-ring (bicyclic) bond motifs is 1. The molecule has 184 valence electrons. The Balaban J connectivity index is 1.56. The van der Waals surface area contributed by atoms with Crippen molar-refractivity contribution < 1.29 is 18.4 Å². The molecule has 3 aromatic carbocycles. The van der Waals surface area contributed by atoms with Gasteiger partial charge in [-0.25, -0.2) is 8.78 Å². The molecule has 1 unspecified atom stereocenters. The molecule has 7 heteroatoms. The van der Waals surface area contributed by atoms with E-state index in [-0.39, 0.29) is 24.3 Å². The van der Waals surface area contributed by atoms with E-state index in [0.29, 0.717) is 11.3 Å². The molecule has 1 heterocycles. The van der Waals surface area contributed by atoms with Crippen molar-refractivity contribution in [3.63, 3.8) is 0 Å². The molecule has 1 saturated carbocycles. The molecule has 0 bridgehead atoms. The van der Waals surface area contributed by atoms with Gasteiger partial charge in [0.05, 0.1) is 6.42 Å². The number of carbonyl (C=O) groups is 2. The molecular weight excluding hydrogens is 460 g/mol. The fourth-order valence-corrected chi connectivity index (χ4v) is 4.98. The largest absolute Gasteiger partial charge is 0.361 e. The first-order valence-electron chi connectivity index (χ1n) is 12.2. The Morgan fingerprint density at radius 2 is 1.56 bits per heavy atom. The van der Waals surface area contributed by atoms with E-state index in [1.807, 2.05) is 24.3 Å². The number of anilines is 1. The third-order valence-electron chi connectivity index (χ3n) is 6.78. The molecular formula is C29H27F2N3O2. The highest BCUT2D eigenvalue weighted by molar-refractivity contribution is 6.03. The number of carbonyl (C=O) groups excluding carboxylic acids is 2. The van der Waals surface area contributed by atoms with Crippen LogP contribution in [0.2, 0.25) is 0 Å². The van der Waals surface area contributed by atoms with Crippen LogP contribution in [0.25, 0.3) is 10.9 Å². The molecule has 1 atom stereocenters. The quantitative estimate of drug-likeness (QED) is 0.345. The van der Waals surface area contributed by atoms with Crippen molar-refractivity contribution in [2.24, 2.45) is 0 Å². The normalized spacial score (nSPS) is 14.6. The van der Waals surface area contributed by atoms with Crippen LogP contribution in [0.1, 0.15) is 42.9 Å². The van der Waals surface area contributed by atoms with E-state index in [1.165, 1.54) is 53.4 Å². The van der Waals surface area contributed by atoms with Gasteiger partial charge in [0.2, 0.25) is 11.8 Å². The lowest BCUT2D eigenvalue weighted by Gasteiger charge is -2.32. The second kappa shape index (κ2) is 10.3. The summed E-state index contributed by atoms with van der Waals surface area (Å²) in [7, 11) is 0. The third kappa shape index (κ3) is 5.00. The zero-order valence-corrected chi connectivity index (χ0v) is 19.7. The van der Waals surface area contributed by atoms with Crippen LogP contribution >= 0.6 is 0 Å². The highest BCUT2D eigenvalue weighted by atomic mass is 19.1. The maximum atomic E-state index is 13.9. The monoisotopic (exact) mass is 487 g/mol. The lowest BCUT2D eigenvalue weighted by Crippen LogP contribution is -2.46. The summed E-state index contributed by atoms with van der Waals surface area (Å²) in [5, 5.41) is 4.01. The summed E-state index contributed by atoms with van der Waals surface area (Å²) in [5.74, 6) is -1.56. The Hall–Kier alpha value is -4.00. The van der Waals surface area contributed by atoms with Crippen LogP contribution in [0.4, 0.5) is 14.5 Å². The Bertz CT molecular complexity index is 1360. The molecule has 2 N–H and O–H groups in total. The number of nitrogens with zero attached hydrogens (tertiary/aromatic N) is 1. The highest BCUT2D eigenvalue weighted by Crippen LogP contribution is 2.31. The smallest absolute Gasteiger partial charge is 0.248 e. The van der Waals surface area contributed by atoms with Gasteiger partial charge in [0.15, 0.2) is 0 Å². The van der Waals surface area contributed by atoms with Gasteiger partial charge in [-0.2, -0.15) is 0 Å². The van der Waals surface area contributed by atoms with Crippen molar-refractivity contribution in [3.8, 4) is 0 Å². The van der Waals surface area contributed by atoms with Gasteiger partial charge < -0.3 is 10.3 Å². The standard InChI is InChI=1S/C29H27F2N3O2/c30-21-11-9-19(10-12-21)28(29(36)33-23-5-1-2-6-23)34(24-15-13-22(31)14-16-24)27(35)17-20-18-32-26-8-4-3-7-25(20)26/h3-4,7-16,18,23,28,32H,1-2,5-6,17H2,(H,33,36). The summed E-state index contributed by atoms with van der Waals surface area (Å²) in [6, 6.07) is 17.7. The molecule has 5 nitrogen and oxygen atoms in total. The van der Waals surface area contributed by atoms with Crippen LogP contribution in [0.5, 0.6) is 0 Å². The minimum absolute atomic E-state index is 0.0236. The molecule has 36 heavy (non-hydrogen) atoms. The zero-order chi connectivity index (χ0) is 25.1. The van der Waals surface area contributed by atoms with Gasteiger partial charge in [0.25, 0.3) is 0 Å². The summed E-state index contributed by atoms with van der Waals surface area (Å²) in [6.45, 7) is 0.